The van der Waals surface area contributed by atoms with Crippen LogP contribution in [0.2, 0.25) is 5.02 Å². The van der Waals surface area contributed by atoms with Crippen LogP contribution in [0.1, 0.15) is 5.56 Å². The van der Waals surface area contributed by atoms with E-state index in [4.69, 9.17) is 11.6 Å². The third kappa shape index (κ3) is 4.92. The molecule has 0 bridgehead atoms. The van der Waals surface area contributed by atoms with Crippen LogP contribution in [-0.2, 0) is 16.0 Å². The molecule has 0 saturated carbocycles. The molecule has 3 aromatic rings. The lowest BCUT2D eigenvalue weighted by Gasteiger charge is -2.18. The van der Waals surface area contributed by atoms with Crippen molar-refractivity contribution in [2.75, 3.05) is 10.2 Å². The number of carbonyl (C=O) groups is 2. The average molecular weight is 478 g/mol. The van der Waals surface area contributed by atoms with Gasteiger partial charge in [-0.2, -0.15) is 5.26 Å². The standard InChI is InChI=1S/C25H17ClFN3O2S/c26-20-8-4-5-9-21(20)29-23(31)19(15-28)25-30(18-6-2-1-3-7-18)24(32)22(33-25)14-16-10-12-17(27)13-11-16/h1-13,22H,14H2,(H,29,31)/b25-19+/t22-/m0/s1. The highest BCUT2D eigenvalue weighted by molar-refractivity contribution is 8.05. The zero-order valence-electron chi connectivity index (χ0n) is 17.2. The normalized spacial score (nSPS) is 16.9. The van der Waals surface area contributed by atoms with Crippen molar-refractivity contribution < 1.29 is 14.0 Å². The summed E-state index contributed by atoms with van der Waals surface area (Å²) >= 11 is 7.28. The molecule has 1 N–H and O–H groups in total. The van der Waals surface area contributed by atoms with Gasteiger partial charge in [-0.05, 0) is 48.4 Å². The van der Waals surface area contributed by atoms with E-state index >= 15 is 0 Å². The number of benzene rings is 3. The van der Waals surface area contributed by atoms with Gasteiger partial charge in [0.15, 0.2) is 0 Å². The summed E-state index contributed by atoms with van der Waals surface area (Å²) in [7, 11) is 0. The molecule has 0 aliphatic carbocycles. The molecule has 1 heterocycles. The number of hydrogen-bond acceptors (Lipinski definition) is 4. The lowest BCUT2D eigenvalue weighted by molar-refractivity contribution is -0.117. The number of amides is 2. The fourth-order valence-electron chi connectivity index (χ4n) is 3.38. The van der Waals surface area contributed by atoms with E-state index in [1.165, 1.54) is 17.0 Å². The summed E-state index contributed by atoms with van der Waals surface area (Å²) in [5, 5.41) is 12.5. The van der Waals surface area contributed by atoms with Gasteiger partial charge in [0.2, 0.25) is 5.91 Å². The molecule has 4 rings (SSSR count). The molecule has 2 amide bonds. The van der Waals surface area contributed by atoms with Gasteiger partial charge in [0.25, 0.3) is 5.91 Å². The first-order chi connectivity index (χ1) is 16.0. The molecular weight excluding hydrogens is 461 g/mol. The third-order valence-electron chi connectivity index (χ3n) is 4.98. The van der Waals surface area contributed by atoms with Gasteiger partial charge in [0, 0.05) is 5.69 Å². The van der Waals surface area contributed by atoms with Crippen molar-refractivity contribution >= 4 is 46.6 Å². The molecule has 5 nitrogen and oxygen atoms in total. The van der Waals surface area contributed by atoms with Crippen molar-refractivity contribution in [3.05, 3.63) is 106 Å². The van der Waals surface area contributed by atoms with Crippen molar-refractivity contribution in [2.45, 2.75) is 11.7 Å². The summed E-state index contributed by atoms with van der Waals surface area (Å²) in [6, 6.07) is 23.4. The Kier molecular flexibility index (Phi) is 6.78. The molecule has 1 aliphatic heterocycles. The number of rotatable bonds is 5. The van der Waals surface area contributed by atoms with Crippen LogP contribution in [0.15, 0.2) is 89.5 Å². The molecular formula is C25H17ClFN3O2S. The van der Waals surface area contributed by atoms with Crippen LogP contribution in [0.25, 0.3) is 0 Å². The minimum Gasteiger partial charge on any atom is -0.320 e. The van der Waals surface area contributed by atoms with Gasteiger partial charge in [0.05, 0.1) is 16.0 Å². The third-order valence-corrected chi connectivity index (χ3v) is 6.57. The Morgan fingerprint density at radius 3 is 2.39 bits per heavy atom. The average Bonchev–Trinajstić information content (AvgIpc) is 3.13. The summed E-state index contributed by atoms with van der Waals surface area (Å²) < 4.78 is 13.3. The second-order valence-electron chi connectivity index (χ2n) is 7.17. The van der Waals surface area contributed by atoms with Crippen LogP contribution in [-0.4, -0.2) is 17.1 Å². The molecule has 0 radical (unpaired) electrons. The number of para-hydroxylation sites is 2. The summed E-state index contributed by atoms with van der Waals surface area (Å²) in [6.07, 6.45) is 0.321. The lowest BCUT2D eigenvalue weighted by Crippen LogP contribution is -2.30. The monoisotopic (exact) mass is 477 g/mol. The predicted molar refractivity (Wildman–Crippen MR) is 128 cm³/mol. The molecule has 3 aromatic carbocycles. The largest absolute Gasteiger partial charge is 0.320 e. The van der Waals surface area contributed by atoms with Crippen LogP contribution >= 0.6 is 23.4 Å². The molecule has 33 heavy (non-hydrogen) atoms. The number of nitriles is 1. The summed E-state index contributed by atoms with van der Waals surface area (Å²) in [6.45, 7) is 0. The summed E-state index contributed by atoms with van der Waals surface area (Å²) in [5.41, 5.74) is 1.49. The first-order valence-corrected chi connectivity index (χ1v) is 11.2. The van der Waals surface area contributed by atoms with Crippen molar-refractivity contribution in [3.63, 3.8) is 0 Å². The molecule has 1 aliphatic rings. The molecule has 1 fully saturated rings. The van der Waals surface area contributed by atoms with E-state index in [0.717, 1.165) is 17.3 Å². The van der Waals surface area contributed by atoms with Crippen LogP contribution in [0.4, 0.5) is 15.8 Å². The number of halogens is 2. The highest BCUT2D eigenvalue weighted by atomic mass is 35.5. The number of nitrogens with zero attached hydrogens (tertiary/aromatic N) is 2. The fraction of sp³-hybridized carbons (Fsp3) is 0.0800. The second-order valence-corrected chi connectivity index (χ2v) is 8.77. The van der Waals surface area contributed by atoms with E-state index in [2.05, 4.69) is 5.32 Å². The van der Waals surface area contributed by atoms with Crippen molar-refractivity contribution in [3.8, 4) is 6.07 Å². The Hall–Kier alpha value is -3.60. The lowest BCUT2D eigenvalue weighted by atomic mass is 10.1. The van der Waals surface area contributed by atoms with Crippen molar-refractivity contribution in [1.29, 1.82) is 5.26 Å². The topological polar surface area (TPSA) is 73.2 Å². The van der Waals surface area contributed by atoms with Gasteiger partial charge in [-0.3, -0.25) is 14.5 Å². The summed E-state index contributed by atoms with van der Waals surface area (Å²) in [4.78, 5) is 27.8. The first kappa shape index (κ1) is 22.6. The number of anilines is 2. The first-order valence-electron chi connectivity index (χ1n) is 9.98. The van der Waals surface area contributed by atoms with E-state index in [0.29, 0.717) is 22.8 Å². The Balaban J connectivity index is 1.72. The van der Waals surface area contributed by atoms with Crippen LogP contribution < -0.4 is 10.2 Å². The number of hydrogen-bond donors (Lipinski definition) is 1. The van der Waals surface area contributed by atoms with Crippen LogP contribution in [0.5, 0.6) is 0 Å². The molecule has 0 spiro atoms. The minimum atomic E-state index is -0.663. The fourth-order valence-corrected chi connectivity index (χ4v) is 4.87. The maximum Gasteiger partial charge on any atom is 0.269 e. The zero-order valence-corrected chi connectivity index (χ0v) is 18.7. The Morgan fingerprint density at radius 1 is 1.06 bits per heavy atom. The smallest absolute Gasteiger partial charge is 0.269 e. The van der Waals surface area contributed by atoms with Gasteiger partial charge in [0.1, 0.15) is 22.5 Å². The highest BCUT2D eigenvalue weighted by Gasteiger charge is 2.40. The van der Waals surface area contributed by atoms with Gasteiger partial charge >= 0.3 is 0 Å². The predicted octanol–water partition coefficient (Wildman–Crippen LogP) is 5.54. The van der Waals surface area contributed by atoms with Gasteiger partial charge in [-0.25, -0.2) is 4.39 Å². The van der Waals surface area contributed by atoms with Crippen molar-refractivity contribution in [1.82, 2.24) is 0 Å². The SMILES string of the molecule is N#C/C(C(=O)Nc1ccccc1Cl)=C1\S[C@@H](Cc2ccc(F)cc2)C(=O)N1c1ccccc1. The van der Waals surface area contributed by atoms with Gasteiger partial charge < -0.3 is 5.32 Å². The Labute approximate surface area is 199 Å². The number of carbonyl (C=O) groups excluding carboxylic acids is 2. The molecule has 164 valence electrons. The quantitative estimate of drug-likeness (QED) is 0.386. The molecule has 1 atom stereocenters. The summed E-state index contributed by atoms with van der Waals surface area (Å²) in [5.74, 6) is -1.29. The zero-order chi connectivity index (χ0) is 23.4. The maximum atomic E-state index is 13.4. The Bertz CT molecular complexity index is 1270. The molecule has 8 heteroatoms. The van der Waals surface area contributed by atoms with Crippen LogP contribution in [0, 0.1) is 17.1 Å². The maximum absolute atomic E-state index is 13.4. The minimum absolute atomic E-state index is 0.196. The number of thioether (sulfide) groups is 1. The van der Waals surface area contributed by atoms with Crippen LogP contribution in [0.3, 0.4) is 0 Å². The highest BCUT2D eigenvalue weighted by Crippen LogP contribution is 2.42. The van der Waals surface area contributed by atoms with E-state index in [9.17, 15) is 19.2 Å². The molecule has 0 aromatic heterocycles. The van der Waals surface area contributed by atoms with E-state index < -0.39 is 11.2 Å². The molecule has 0 unspecified atom stereocenters. The Morgan fingerprint density at radius 2 is 1.73 bits per heavy atom. The molecule has 1 saturated heterocycles. The van der Waals surface area contributed by atoms with E-state index in [1.54, 1.807) is 60.7 Å². The van der Waals surface area contributed by atoms with Gasteiger partial charge in [-0.15, -0.1) is 0 Å². The van der Waals surface area contributed by atoms with Gasteiger partial charge in [-0.1, -0.05) is 65.8 Å². The van der Waals surface area contributed by atoms with Crippen molar-refractivity contribution in [2.24, 2.45) is 0 Å². The van der Waals surface area contributed by atoms with E-state index in [-0.39, 0.29) is 22.3 Å². The van der Waals surface area contributed by atoms with E-state index in [1.807, 2.05) is 12.1 Å². The number of nitrogens with one attached hydrogen (secondary N) is 1. The second kappa shape index (κ2) is 9.90.